The van der Waals surface area contributed by atoms with Crippen LogP contribution in [0.15, 0.2) is 48.5 Å². The predicted molar refractivity (Wildman–Crippen MR) is 112 cm³/mol. The quantitative estimate of drug-likeness (QED) is 0.753. The van der Waals surface area contributed by atoms with Crippen LogP contribution in [0.5, 0.6) is 0 Å². The average molecular weight is 432 g/mol. The fourth-order valence-electron chi connectivity index (χ4n) is 4.64. The summed E-state index contributed by atoms with van der Waals surface area (Å²) in [6.07, 6.45) is -2.31. The lowest BCUT2D eigenvalue weighted by Crippen LogP contribution is -2.59. The number of halogens is 3. The third-order valence-electron chi connectivity index (χ3n) is 6.28. The highest BCUT2D eigenvalue weighted by Crippen LogP contribution is 2.44. The molecular weight excluding hydrogens is 405 g/mol. The molecule has 1 aliphatic heterocycles. The smallest absolute Gasteiger partial charge is 0.380 e. The summed E-state index contributed by atoms with van der Waals surface area (Å²) < 4.78 is 45.4. The van der Waals surface area contributed by atoms with E-state index < -0.39 is 17.3 Å². The Kier molecular flexibility index (Phi) is 5.83. The number of carbonyl (C=O) groups excluding carboxylic acids is 1. The number of piperidine rings is 1. The number of alkyl halides is 3. The standard InChI is InChI=1S/C24H27F3N2O2/c1-29-14-19(31-2)13-23(15-29,17-6-4-3-5-7-17)28-22(30)20-11-10-18(24(25,26)27)12-21(20)16-8-9-16/h3-7,10-12,16,19H,8-9,13-15H2,1-2H3,(H,28,30)/t19-,23-/m1/s1. The molecule has 2 aromatic rings. The number of carbonyl (C=O) groups is 1. The van der Waals surface area contributed by atoms with Crippen LogP contribution < -0.4 is 5.32 Å². The molecule has 2 aliphatic rings. The molecule has 1 heterocycles. The number of hydrogen-bond acceptors (Lipinski definition) is 3. The van der Waals surface area contributed by atoms with Gasteiger partial charge in [-0.3, -0.25) is 4.79 Å². The van der Waals surface area contributed by atoms with Crippen molar-refractivity contribution < 1.29 is 22.7 Å². The van der Waals surface area contributed by atoms with Crippen molar-refractivity contribution in [3.63, 3.8) is 0 Å². The number of ether oxygens (including phenoxy) is 1. The number of hydrogen-bond donors (Lipinski definition) is 1. The summed E-state index contributed by atoms with van der Waals surface area (Å²) in [6.45, 7) is 1.33. The normalized spacial score (nSPS) is 24.7. The monoisotopic (exact) mass is 432 g/mol. The van der Waals surface area contributed by atoms with Gasteiger partial charge in [0.1, 0.15) is 0 Å². The van der Waals surface area contributed by atoms with Crippen LogP contribution in [-0.2, 0) is 16.5 Å². The van der Waals surface area contributed by atoms with Crippen molar-refractivity contribution in [3.05, 3.63) is 70.8 Å². The molecule has 1 N–H and O–H groups in total. The molecule has 0 spiro atoms. The van der Waals surface area contributed by atoms with E-state index in [0.717, 1.165) is 37.1 Å². The van der Waals surface area contributed by atoms with E-state index in [9.17, 15) is 18.0 Å². The Labute approximate surface area is 180 Å². The number of likely N-dealkylation sites (N-methyl/N-ethyl adjacent to an activating group) is 1. The third kappa shape index (κ3) is 4.62. The van der Waals surface area contributed by atoms with Gasteiger partial charge in [0.2, 0.25) is 0 Å². The van der Waals surface area contributed by atoms with E-state index in [4.69, 9.17) is 4.74 Å². The van der Waals surface area contributed by atoms with Crippen molar-refractivity contribution in [3.8, 4) is 0 Å². The van der Waals surface area contributed by atoms with Crippen LogP contribution in [0.25, 0.3) is 0 Å². The van der Waals surface area contributed by atoms with Crippen LogP contribution in [0.2, 0.25) is 0 Å². The SMILES string of the molecule is CO[C@H]1CN(C)C[C@@](NC(=O)c2ccc(C(F)(F)F)cc2C2CC2)(c2ccccc2)C1. The zero-order valence-electron chi connectivity index (χ0n) is 17.7. The van der Waals surface area contributed by atoms with E-state index in [1.54, 1.807) is 7.11 Å². The van der Waals surface area contributed by atoms with Gasteiger partial charge in [-0.2, -0.15) is 13.2 Å². The molecule has 0 aromatic heterocycles. The van der Waals surface area contributed by atoms with E-state index >= 15 is 0 Å². The first-order chi connectivity index (χ1) is 14.7. The van der Waals surface area contributed by atoms with Crippen LogP contribution in [-0.4, -0.2) is 44.2 Å². The first-order valence-corrected chi connectivity index (χ1v) is 10.5. The maximum Gasteiger partial charge on any atom is 0.416 e. The minimum atomic E-state index is -4.43. The summed E-state index contributed by atoms with van der Waals surface area (Å²) >= 11 is 0. The molecule has 4 rings (SSSR count). The molecule has 2 aromatic carbocycles. The van der Waals surface area contributed by atoms with Gasteiger partial charge in [0.25, 0.3) is 5.91 Å². The largest absolute Gasteiger partial charge is 0.416 e. The van der Waals surface area contributed by atoms with Gasteiger partial charge < -0.3 is 15.0 Å². The summed E-state index contributed by atoms with van der Waals surface area (Å²) in [6, 6.07) is 13.2. The predicted octanol–water partition coefficient (Wildman–Crippen LogP) is 4.56. The highest BCUT2D eigenvalue weighted by molar-refractivity contribution is 5.96. The lowest BCUT2D eigenvalue weighted by Gasteiger charge is -2.45. The van der Waals surface area contributed by atoms with E-state index in [1.165, 1.54) is 6.07 Å². The molecule has 2 atom stereocenters. The molecule has 1 amide bonds. The van der Waals surface area contributed by atoms with E-state index in [1.807, 2.05) is 37.4 Å². The Morgan fingerprint density at radius 3 is 2.48 bits per heavy atom. The second-order valence-electron chi connectivity index (χ2n) is 8.73. The van der Waals surface area contributed by atoms with E-state index in [0.29, 0.717) is 24.1 Å². The van der Waals surface area contributed by atoms with Crippen molar-refractivity contribution in [2.45, 2.75) is 43.0 Å². The number of nitrogens with one attached hydrogen (secondary N) is 1. The van der Waals surface area contributed by atoms with E-state index in [-0.39, 0.29) is 17.9 Å². The third-order valence-corrected chi connectivity index (χ3v) is 6.28. The Bertz CT molecular complexity index is 944. The van der Waals surface area contributed by atoms with Crippen LogP contribution in [0.4, 0.5) is 13.2 Å². The Balaban J connectivity index is 1.70. The van der Waals surface area contributed by atoms with Crippen LogP contribution in [0.1, 0.15) is 52.2 Å². The highest BCUT2D eigenvalue weighted by Gasteiger charge is 2.43. The van der Waals surface area contributed by atoms with Gasteiger partial charge in [-0.25, -0.2) is 0 Å². The molecule has 31 heavy (non-hydrogen) atoms. The lowest BCUT2D eigenvalue weighted by atomic mass is 9.80. The Morgan fingerprint density at radius 1 is 1.16 bits per heavy atom. The molecule has 0 bridgehead atoms. The first-order valence-electron chi connectivity index (χ1n) is 10.5. The molecular formula is C24H27F3N2O2. The summed E-state index contributed by atoms with van der Waals surface area (Å²) in [5, 5.41) is 3.20. The fourth-order valence-corrected chi connectivity index (χ4v) is 4.64. The fraction of sp³-hybridized carbons (Fsp3) is 0.458. The minimum Gasteiger partial charge on any atom is -0.380 e. The van der Waals surface area contributed by atoms with Crippen LogP contribution in [0.3, 0.4) is 0 Å². The molecule has 2 fully saturated rings. The van der Waals surface area contributed by atoms with Gasteiger partial charge in [0, 0.05) is 32.2 Å². The van der Waals surface area contributed by atoms with Crippen molar-refractivity contribution in [2.24, 2.45) is 0 Å². The second kappa shape index (κ2) is 8.28. The maximum absolute atomic E-state index is 13.5. The van der Waals surface area contributed by atoms with Gasteiger partial charge in [-0.15, -0.1) is 0 Å². The number of rotatable bonds is 5. The molecule has 1 saturated heterocycles. The number of nitrogens with zero attached hydrogens (tertiary/aromatic N) is 1. The van der Waals surface area contributed by atoms with Crippen molar-refractivity contribution >= 4 is 5.91 Å². The number of benzene rings is 2. The molecule has 4 nitrogen and oxygen atoms in total. The number of methoxy groups -OCH3 is 1. The summed E-state index contributed by atoms with van der Waals surface area (Å²) in [7, 11) is 3.63. The topological polar surface area (TPSA) is 41.6 Å². The molecule has 7 heteroatoms. The molecule has 0 unspecified atom stereocenters. The summed E-state index contributed by atoms with van der Waals surface area (Å²) in [4.78, 5) is 15.6. The van der Waals surface area contributed by atoms with E-state index in [2.05, 4.69) is 10.2 Å². The molecule has 1 aliphatic carbocycles. The summed E-state index contributed by atoms with van der Waals surface area (Å²) in [5.74, 6) is -0.332. The second-order valence-corrected chi connectivity index (χ2v) is 8.73. The summed E-state index contributed by atoms with van der Waals surface area (Å²) in [5.41, 5.74) is 0.364. The van der Waals surface area contributed by atoms with Gasteiger partial charge >= 0.3 is 6.18 Å². The zero-order chi connectivity index (χ0) is 22.2. The maximum atomic E-state index is 13.5. The first kappa shape index (κ1) is 21.8. The Morgan fingerprint density at radius 2 is 1.87 bits per heavy atom. The average Bonchev–Trinajstić information content (AvgIpc) is 3.58. The van der Waals surface area contributed by atoms with Gasteiger partial charge in [0.05, 0.1) is 17.2 Å². The van der Waals surface area contributed by atoms with Gasteiger partial charge in [0.15, 0.2) is 0 Å². The number of likely N-dealkylation sites (tertiary alicyclic amines) is 1. The van der Waals surface area contributed by atoms with Gasteiger partial charge in [-0.05, 0) is 55.1 Å². The number of amides is 1. The zero-order valence-corrected chi connectivity index (χ0v) is 17.7. The van der Waals surface area contributed by atoms with Crippen LogP contribution >= 0.6 is 0 Å². The Hall–Kier alpha value is -2.38. The molecule has 0 radical (unpaired) electrons. The van der Waals surface area contributed by atoms with Crippen molar-refractivity contribution in [1.29, 1.82) is 0 Å². The van der Waals surface area contributed by atoms with Gasteiger partial charge in [-0.1, -0.05) is 30.3 Å². The lowest BCUT2D eigenvalue weighted by molar-refractivity contribution is -0.137. The van der Waals surface area contributed by atoms with Crippen molar-refractivity contribution in [1.82, 2.24) is 10.2 Å². The molecule has 1 saturated carbocycles. The molecule has 166 valence electrons. The minimum absolute atomic E-state index is 0.0106. The van der Waals surface area contributed by atoms with Crippen LogP contribution in [0, 0.1) is 0 Å². The van der Waals surface area contributed by atoms with Crippen molar-refractivity contribution in [2.75, 3.05) is 27.2 Å². The highest BCUT2D eigenvalue weighted by atomic mass is 19.4.